The summed E-state index contributed by atoms with van der Waals surface area (Å²) in [4.78, 5) is 5.90. The molecule has 0 fully saturated rings. The van der Waals surface area contributed by atoms with Gasteiger partial charge in [-0.15, -0.1) is 0 Å². The van der Waals surface area contributed by atoms with Gasteiger partial charge in [0.05, 0.1) is 32.9 Å². The molecule has 354 valence electrons. The summed E-state index contributed by atoms with van der Waals surface area (Å²) in [5.41, 5.74) is -1.54. The molecule has 0 spiro atoms. The van der Waals surface area contributed by atoms with Crippen LogP contribution < -0.4 is 4.74 Å². The van der Waals surface area contributed by atoms with Crippen molar-refractivity contribution in [2.45, 2.75) is 67.4 Å². The molecule has 2 N–H and O–H groups in total. The molecule has 0 saturated heterocycles. The molecule has 0 amide bonds. The van der Waals surface area contributed by atoms with Crippen molar-refractivity contribution in [2.24, 2.45) is 0 Å². The summed E-state index contributed by atoms with van der Waals surface area (Å²) in [6.07, 6.45) is -8.90. The number of hydrogen-bond donors (Lipinski definition) is 2. The van der Waals surface area contributed by atoms with Crippen molar-refractivity contribution in [3.63, 3.8) is 0 Å². The molecule has 0 atom stereocenters. The van der Waals surface area contributed by atoms with Gasteiger partial charge in [0, 0.05) is 21.0 Å². The second-order valence-corrected chi connectivity index (χ2v) is 20.8. The molecule has 0 radical (unpaired) electrons. The van der Waals surface area contributed by atoms with Crippen LogP contribution in [0.3, 0.4) is 0 Å². The number of halogens is 12. The monoisotopic (exact) mass is 1200 g/mol. The highest BCUT2D eigenvalue weighted by molar-refractivity contribution is 14.1. The lowest BCUT2D eigenvalue weighted by molar-refractivity contribution is -0.138. The fourth-order valence-electron chi connectivity index (χ4n) is 5.34. The van der Waals surface area contributed by atoms with Crippen LogP contribution in [-0.4, -0.2) is 35.3 Å². The lowest BCUT2D eigenvalue weighted by atomic mass is 10.2. The van der Waals surface area contributed by atoms with Gasteiger partial charge in [-0.2, -0.15) is 26.3 Å². The van der Waals surface area contributed by atoms with E-state index in [0.29, 0.717) is 23.6 Å². The Bertz CT molecular complexity index is 2390. The van der Waals surface area contributed by atoms with Crippen molar-refractivity contribution in [3.8, 4) is 11.5 Å². The predicted octanol–water partition coefficient (Wildman–Crippen LogP) is 15.9. The van der Waals surface area contributed by atoms with E-state index in [9.17, 15) is 43.9 Å². The quantitative estimate of drug-likeness (QED) is 0.0815. The molecule has 7 aromatic carbocycles. The van der Waals surface area contributed by atoms with Crippen LogP contribution in [0.2, 0.25) is 0 Å². The number of hydrogen-bond acceptors (Lipinski definition) is 3. The summed E-state index contributed by atoms with van der Waals surface area (Å²) in [5.74, 6) is -4.10. The average Bonchev–Trinajstić information content (AvgIpc) is 3.29. The Kier molecular flexibility index (Phi) is 20.9. The second kappa shape index (κ2) is 25.4. The molecule has 0 aromatic heterocycles. The Morgan fingerprint density at radius 3 is 0.866 bits per heavy atom. The van der Waals surface area contributed by atoms with Crippen LogP contribution in [0.15, 0.2) is 211 Å². The Morgan fingerprint density at radius 2 is 0.597 bits per heavy atom. The standard InChI is InChI=1S/C24H18IOS.C20H12F6IS.2C3H6F2O/c25-19-11-13-20(14-12-19)26-21-15-17-24(18-16-21)27(22-7-3-1-4-8-22)23-9-5-2-6-10-23;21-19(22,23)13-1-7-16(8-2-13)28(18-11-5-15(27)6-12-18)17-9-3-14(4-10-17)20(24,25)26;2*1-3(4,5)2-6/h1-18H;1-12H;2*6H,2H2,1H3/q2*+1;;. The van der Waals surface area contributed by atoms with Crippen LogP contribution in [0.25, 0.3) is 0 Å². The number of aliphatic hydroxyl groups is 2. The zero-order valence-corrected chi connectivity index (χ0v) is 41.3. The lowest BCUT2D eigenvalue weighted by Gasteiger charge is -2.11. The molecule has 0 aliphatic carbocycles. The minimum atomic E-state index is -4.45. The van der Waals surface area contributed by atoms with E-state index < -0.39 is 59.4 Å². The van der Waals surface area contributed by atoms with Gasteiger partial charge in [0.1, 0.15) is 24.7 Å². The minimum absolute atomic E-state index is 0.129. The lowest BCUT2D eigenvalue weighted by Crippen LogP contribution is -2.14. The van der Waals surface area contributed by atoms with Gasteiger partial charge in [-0.3, -0.25) is 0 Å². The minimum Gasteiger partial charge on any atom is -0.457 e. The number of aliphatic hydroxyl groups excluding tert-OH is 2. The van der Waals surface area contributed by atoms with Gasteiger partial charge in [0.15, 0.2) is 29.4 Å². The number of ether oxygens (including phenoxy) is 1. The van der Waals surface area contributed by atoms with Crippen LogP contribution in [0.4, 0.5) is 43.9 Å². The normalized spacial score (nSPS) is 11.7. The molecular formula is C50H42F10I2O3S2+2. The van der Waals surface area contributed by atoms with Crippen LogP contribution in [0, 0.1) is 7.14 Å². The zero-order valence-electron chi connectivity index (χ0n) is 35.4. The molecule has 17 heteroatoms. The third-order valence-electron chi connectivity index (χ3n) is 8.51. The van der Waals surface area contributed by atoms with Crippen molar-refractivity contribution in [2.75, 3.05) is 13.2 Å². The van der Waals surface area contributed by atoms with Gasteiger partial charge in [-0.25, -0.2) is 17.6 Å². The van der Waals surface area contributed by atoms with E-state index in [4.69, 9.17) is 14.9 Å². The van der Waals surface area contributed by atoms with Crippen LogP contribution in [-0.2, 0) is 34.1 Å². The molecule has 0 unspecified atom stereocenters. The maximum Gasteiger partial charge on any atom is 0.416 e. The number of benzene rings is 7. The summed E-state index contributed by atoms with van der Waals surface area (Å²) >= 11 is 4.42. The smallest absolute Gasteiger partial charge is 0.416 e. The maximum atomic E-state index is 12.9. The van der Waals surface area contributed by atoms with Crippen LogP contribution in [0.5, 0.6) is 11.5 Å². The summed E-state index contributed by atoms with van der Waals surface area (Å²) in [6.45, 7) is -0.806. The molecule has 0 aliphatic heterocycles. The highest BCUT2D eigenvalue weighted by atomic mass is 127. The van der Waals surface area contributed by atoms with Gasteiger partial charge in [0.2, 0.25) is 0 Å². The summed E-state index contributed by atoms with van der Waals surface area (Å²) in [7, 11) is -0.960. The average molecular weight is 1200 g/mol. The van der Waals surface area contributed by atoms with Crippen molar-refractivity contribution >= 4 is 67.0 Å². The highest BCUT2D eigenvalue weighted by Gasteiger charge is 2.35. The fourth-order valence-corrected chi connectivity index (χ4v) is 10.2. The Hall–Kier alpha value is -4.28. The Morgan fingerprint density at radius 1 is 0.373 bits per heavy atom. The first-order valence-corrected chi connectivity index (χ1v) is 24.3. The third kappa shape index (κ3) is 19.0. The maximum absolute atomic E-state index is 12.9. The summed E-state index contributed by atoms with van der Waals surface area (Å²) in [6, 6.07) is 54.7. The molecule has 3 nitrogen and oxygen atoms in total. The molecule has 0 saturated carbocycles. The Balaban J connectivity index is 0.000000236. The molecule has 0 aliphatic rings. The van der Waals surface area contributed by atoms with E-state index in [-0.39, 0.29) is 10.9 Å². The molecule has 67 heavy (non-hydrogen) atoms. The fraction of sp³-hybridized carbons (Fsp3) is 0.160. The first-order chi connectivity index (χ1) is 31.5. The van der Waals surface area contributed by atoms with Crippen molar-refractivity contribution < 1.29 is 58.9 Å². The highest BCUT2D eigenvalue weighted by Crippen LogP contribution is 2.37. The van der Waals surface area contributed by atoms with E-state index in [1.165, 1.54) is 42.5 Å². The van der Waals surface area contributed by atoms with Gasteiger partial charge in [-0.05, 0) is 191 Å². The van der Waals surface area contributed by atoms with Crippen LogP contribution in [0.1, 0.15) is 25.0 Å². The van der Waals surface area contributed by atoms with E-state index in [0.717, 1.165) is 44.2 Å². The van der Waals surface area contributed by atoms with Crippen molar-refractivity contribution in [3.05, 3.63) is 200 Å². The summed E-state index contributed by atoms with van der Waals surface area (Å²) in [5, 5.41) is 15.3. The third-order valence-corrected chi connectivity index (χ3v) is 14.4. The van der Waals surface area contributed by atoms with Gasteiger partial charge < -0.3 is 14.9 Å². The SMILES string of the molecule is CC(F)(F)CO.CC(F)(F)CO.FC(F)(F)c1ccc([S+](c2ccc(I)cc2)c2ccc(C(F)(F)F)cc2)cc1.Ic1ccc(Oc2ccc([S+](c3ccccc3)c3ccccc3)cc2)cc1. The van der Waals surface area contributed by atoms with E-state index in [1.807, 2.05) is 48.5 Å². The largest absolute Gasteiger partial charge is 0.457 e. The molecule has 0 heterocycles. The number of rotatable bonds is 10. The van der Waals surface area contributed by atoms with Crippen molar-refractivity contribution in [1.82, 2.24) is 0 Å². The zero-order chi connectivity index (χ0) is 49.4. The first-order valence-electron chi connectivity index (χ1n) is 19.7. The topological polar surface area (TPSA) is 49.7 Å². The van der Waals surface area contributed by atoms with Gasteiger partial charge >= 0.3 is 12.4 Å². The van der Waals surface area contributed by atoms with E-state index >= 15 is 0 Å². The Labute approximate surface area is 415 Å². The van der Waals surface area contributed by atoms with Gasteiger partial charge in [-0.1, -0.05) is 36.4 Å². The number of alkyl halides is 10. The molecule has 7 rings (SSSR count). The first kappa shape index (κ1) is 55.3. The van der Waals surface area contributed by atoms with E-state index in [1.54, 1.807) is 0 Å². The van der Waals surface area contributed by atoms with Gasteiger partial charge in [0.25, 0.3) is 11.8 Å². The second-order valence-electron chi connectivity index (χ2n) is 14.2. The summed E-state index contributed by atoms with van der Waals surface area (Å²) < 4.78 is 130. The predicted molar refractivity (Wildman–Crippen MR) is 260 cm³/mol. The van der Waals surface area contributed by atoms with E-state index in [2.05, 4.69) is 130 Å². The molecule has 0 bridgehead atoms. The van der Waals surface area contributed by atoms with Crippen molar-refractivity contribution in [1.29, 1.82) is 0 Å². The van der Waals surface area contributed by atoms with Crippen LogP contribution >= 0.6 is 45.2 Å². The molecular weight excluding hydrogens is 1160 g/mol. The molecule has 7 aromatic rings.